The van der Waals surface area contributed by atoms with Crippen LogP contribution in [0.15, 0.2) is 48.5 Å². The SMILES string of the molecule is COc1ccc(NC(=O)c2cc(C)n(-c3ccc(Cl)cc3)c2C)cc1OCC(N)=O. The van der Waals surface area contributed by atoms with Crippen molar-refractivity contribution < 1.29 is 19.1 Å². The molecule has 8 heteroatoms. The number of amides is 2. The Morgan fingerprint density at radius 3 is 2.40 bits per heavy atom. The van der Waals surface area contributed by atoms with E-state index in [2.05, 4.69) is 5.32 Å². The lowest BCUT2D eigenvalue weighted by Crippen LogP contribution is -2.20. The van der Waals surface area contributed by atoms with Crippen molar-refractivity contribution in [1.82, 2.24) is 4.57 Å². The minimum absolute atomic E-state index is 0.269. The van der Waals surface area contributed by atoms with E-state index in [0.717, 1.165) is 17.1 Å². The molecule has 0 saturated heterocycles. The Hall–Kier alpha value is -3.45. The number of halogens is 1. The largest absolute Gasteiger partial charge is 0.493 e. The first kappa shape index (κ1) is 21.3. The summed E-state index contributed by atoms with van der Waals surface area (Å²) in [6.07, 6.45) is 0. The van der Waals surface area contributed by atoms with Crippen molar-refractivity contribution in [2.45, 2.75) is 13.8 Å². The van der Waals surface area contributed by atoms with Gasteiger partial charge in [-0.25, -0.2) is 0 Å². The van der Waals surface area contributed by atoms with Crippen molar-refractivity contribution in [3.8, 4) is 17.2 Å². The predicted molar refractivity (Wildman–Crippen MR) is 116 cm³/mol. The molecule has 0 atom stereocenters. The van der Waals surface area contributed by atoms with Gasteiger partial charge in [0.2, 0.25) is 0 Å². The molecular formula is C22H22ClN3O4. The molecule has 1 aromatic heterocycles. The first-order valence-corrected chi connectivity index (χ1v) is 9.53. The quantitative estimate of drug-likeness (QED) is 0.598. The lowest BCUT2D eigenvalue weighted by molar-refractivity contribution is -0.119. The second-order valence-electron chi connectivity index (χ2n) is 6.67. The maximum atomic E-state index is 12.9. The number of nitrogens with two attached hydrogens (primary N) is 1. The fourth-order valence-corrected chi connectivity index (χ4v) is 3.32. The number of methoxy groups -OCH3 is 1. The molecule has 0 aliphatic rings. The van der Waals surface area contributed by atoms with Crippen LogP contribution in [0.5, 0.6) is 11.5 Å². The van der Waals surface area contributed by atoms with Gasteiger partial charge in [0, 0.05) is 33.9 Å². The van der Waals surface area contributed by atoms with Crippen LogP contribution in [0.2, 0.25) is 5.02 Å². The van der Waals surface area contributed by atoms with Crippen LogP contribution in [0.1, 0.15) is 21.7 Å². The van der Waals surface area contributed by atoms with Gasteiger partial charge in [0.05, 0.1) is 12.7 Å². The number of primary amides is 1. The average Bonchev–Trinajstić information content (AvgIpc) is 3.01. The molecule has 2 amide bonds. The first-order chi connectivity index (χ1) is 14.3. The summed E-state index contributed by atoms with van der Waals surface area (Å²) in [4.78, 5) is 23.9. The van der Waals surface area contributed by atoms with Crippen LogP contribution in [0.4, 0.5) is 5.69 Å². The molecule has 0 bridgehead atoms. The molecule has 0 aliphatic heterocycles. The summed E-state index contributed by atoms with van der Waals surface area (Å²) < 4.78 is 12.6. The topological polar surface area (TPSA) is 95.6 Å². The summed E-state index contributed by atoms with van der Waals surface area (Å²) in [6, 6.07) is 14.1. The van der Waals surface area contributed by atoms with E-state index in [9.17, 15) is 9.59 Å². The summed E-state index contributed by atoms with van der Waals surface area (Å²) in [5, 5.41) is 3.50. The number of aromatic nitrogens is 1. The van der Waals surface area contributed by atoms with Gasteiger partial charge in [0.25, 0.3) is 11.8 Å². The molecule has 2 aromatic carbocycles. The van der Waals surface area contributed by atoms with Crippen LogP contribution in [-0.2, 0) is 4.79 Å². The summed E-state index contributed by atoms with van der Waals surface area (Å²) in [5.41, 5.74) is 8.80. The van der Waals surface area contributed by atoms with Crippen LogP contribution < -0.4 is 20.5 Å². The van der Waals surface area contributed by atoms with Crippen molar-refractivity contribution in [1.29, 1.82) is 0 Å². The van der Waals surface area contributed by atoms with Gasteiger partial charge in [-0.3, -0.25) is 9.59 Å². The van der Waals surface area contributed by atoms with Crippen LogP contribution in [-0.4, -0.2) is 30.1 Å². The minimum Gasteiger partial charge on any atom is -0.493 e. The van der Waals surface area contributed by atoms with Crippen LogP contribution in [0.25, 0.3) is 5.69 Å². The smallest absolute Gasteiger partial charge is 0.257 e. The van der Waals surface area contributed by atoms with Gasteiger partial charge in [-0.05, 0) is 56.3 Å². The van der Waals surface area contributed by atoms with E-state index in [4.69, 9.17) is 26.8 Å². The van der Waals surface area contributed by atoms with E-state index in [1.165, 1.54) is 7.11 Å². The number of hydrogen-bond acceptors (Lipinski definition) is 4. The molecule has 156 valence electrons. The Morgan fingerprint density at radius 1 is 1.07 bits per heavy atom. The van der Waals surface area contributed by atoms with Crippen LogP contribution in [0, 0.1) is 13.8 Å². The molecule has 30 heavy (non-hydrogen) atoms. The van der Waals surface area contributed by atoms with Gasteiger partial charge in [-0.2, -0.15) is 0 Å². The summed E-state index contributed by atoms with van der Waals surface area (Å²) in [7, 11) is 1.48. The number of nitrogens with one attached hydrogen (secondary N) is 1. The molecule has 0 radical (unpaired) electrons. The molecule has 3 N–H and O–H groups in total. The lowest BCUT2D eigenvalue weighted by Gasteiger charge is -2.12. The van der Waals surface area contributed by atoms with Gasteiger partial charge in [-0.1, -0.05) is 11.6 Å². The summed E-state index contributed by atoms with van der Waals surface area (Å²) in [6.45, 7) is 3.52. The van der Waals surface area contributed by atoms with Crippen molar-refractivity contribution in [3.63, 3.8) is 0 Å². The number of carbonyl (C=O) groups excluding carboxylic acids is 2. The fourth-order valence-electron chi connectivity index (χ4n) is 3.19. The Bertz CT molecular complexity index is 1090. The molecule has 3 rings (SSSR count). The summed E-state index contributed by atoms with van der Waals surface area (Å²) >= 11 is 5.98. The number of nitrogens with zero attached hydrogens (tertiary/aromatic N) is 1. The second kappa shape index (κ2) is 8.92. The van der Waals surface area contributed by atoms with E-state index in [1.54, 1.807) is 30.3 Å². The Labute approximate surface area is 179 Å². The minimum atomic E-state index is -0.610. The van der Waals surface area contributed by atoms with Crippen molar-refractivity contribution in [2.75, 3.05) is 19.0 Å². The fraction of sp³-hybridized carbons (Fsp3) is 0.182. The molecular weight excluding hydrogens is 406 g/mol. The molecule has 0 fully saturated rings. The first-order valence-electron chi connectivity index (χ1n) is 9.15. The van der Waals surface area contributed by atoms with Crippen molar-refractivity contribution in [2.24, 2.45) is 5.73 Å². The number of hydrogen-bond donors (Lipinski definition) is 2. The van der Waals surface area contributed by atoms with E-state index in [1.807, 2.05) is 36.6 Å². The maximum absolute atomic E-state index is 12.9. The third kappa shape index (κ3) is 4.58. The highest BCUT2D eigenvalue weighted by molar-refractivity contribution is 6.30. The maximum Gasteiger partial charge on any atom is 0.257 e. The zero-order valence-electron chi connectivity index (χ0n) is 16.9. The Kier molecular flexibility index (Phi) is 6.32. The average molecular weight is 428 g/mol. The normalized spacial score (nSPS) is 10.5. The predicted octanol–water partition coefficient (Wildman–Crippen LogP) is 3.87. The van der Waals surface area contributed by atoms with Crippen LogP contribution >= 0.6 is 11.6 Å². The lowest BCUT2D eigenvalue weighted by atomic mass is 10.2. The molecule has 7 nitrogen and oxygen atoms in total. The van der Waals surface area contributed by atoms with Crippen LogP contribution in [0.3, 0.4) is 0 Å². The Morgan fingerprint density at radius 2 is 1.77 bits per heavy atom. The third-order valence-corrected chi connectivity index (χ3v) is 4.80. The van der Waals surface area contributed by atoms with Gasteiger partial charge < -0.3 is 25.1 Å². The van der Waals surface area contributed by atoms with E-state index >= 15 is 0 Å². The van der Waals surface area contributed by atoms with Gasteiger partial charge in [0.1, 0.15) is 0 Å². The molecule has 0 aliphatic carbocycles. The van der Waals surface area contributed by atoms with Crippen molar-refractivity contribution >= 4 is 29.1 Å². The van der Waals surface area contributed by atoms with E-state index < -0.39 is 5.91 Å². The molecule has 3 aromatic rings. The number of benzene rings is 2. The highest BCUT2D eigenvalue weighted by Crippen LogP contribution is 2.31. The number of aryl methyl sites for hydroxylation is 1. The number of carbonyl (C=O) groups is 2. The summed E-state index contributed by atoms with van der Waals surface area (Å²) in [5.74, 6) is -0.147. The van der Waals surface area contributed by atoms with E-state index in [0.29, 0.717) is 27.8 Å². The van der Waals surface area contributed by atoms with Gasteiger partial charge in [0.15, 0.2) is 18.1 Å². The van der Waals surface area contributed by atoms with Crippen molar-refractivity contribution in [3.05, 3.63) is 70.5 Å². The molecule has 0 saturated carbocycles. The molecule has 0 spiro atoms. The number of rotatable bonds is 7. The standard InChI is InChI=1S/C22H22ClN3O4/c1-13-10-18(14(2)26(13)17-7-4-15(23)5-8-17)22(28)25-16-6-9-19(29-3)20(11-16)30-12-21(24)27/h4-11H,12H2,1-3H3,(H2,24,27)(H,25,28). The van der Waals surface area contributed by atoms with Gasteiger partial charge >= 0.3 is 0 Å². The number of ether oxygens (including phenoxy) is 2. The van der Waals surface area contributed by atoms with Gasteiger partial charge in [-0.15, -0.1) is 0 Å². The Balaban J connectivity index is 1.86. The zero-order valence-corrected chi connectivity index (χ0v) is 17.6. The molecule has 0 unspecified atom stereocenters. The third-order valence-electron chi connectivity index (χ3n) is 4.55. The zero-order chi connectivity index (χ0) is 21.8. The highest BCUT2D eigenvalue weighted by atomic mass is 35.5. The molecule has 1 heterocycles. The monoisotopic (exact) mass is 427 g/mol. The number of anilines is 1. The second-order valence-corrected chi connectivity index (χ2v) is 7.11. The van der Waals surface area contributed by atoms with E-state index in [-0.39, 0.29) is 12.5 Å². The highest BCUT2D eigenvalue weighted by Gasteiger charge is 2.18.